The van der Waals surface area contributed by atoms with Gasteiger partial charge in [0.2, 0.25) is 0 Å². The van der Waals surface area contributed by atoms with Crippen LogP contribution in [0.1, 0.15) is 11.7 Å². The van der Waals surface area contributed by atoms with Gasteiger partial charge in [0, 0.05) is 22.5 Å². The van der Waals surface area contributed by atoms with E-state index in [1.54, 1.807) is 48.5 Å². The summed E-state index contributed by atoms with van der Waals surface area (Å²) < 4.78 is 10.6. The molecule has 1 aromatic heterocycles. The van der Waals surface area contributed by atoms with E-state index in [-0.39, 0.29) is 6.61 Å². The fourth-order valence-corrected chi connectivity index (χ4v) is 2.31. The maximum Gasteiger partial charge on any atom is 0.336 e. The first kappa shape index (κ1) is 14.6. The highest BCUT2D eigenvalue weighted by Crippen LogP contribution is 2.22. The molecule has 22 heavy (non-hydrogen) atoms. The third-order valence-electron chi connectivity index (χ3n) is 3.24. The van der Waals surface area contributed by atoms with E-state index in [0.717, 1.165) is 5.39 Å². The van der Waals surface area contributed by atoms with Crippen molar-refractivity contribution in [3.8, 4) is 5.75 Å². The van der Waals surface area contributed by atoms with Crippen LogP contribution in [0.5, 0.6) is 5.75 Å². The molecule has 1 unspecified atom stereocenters. The molecule has 0 fully saturated rings. The van der Waals surface area contributed by atoms with Gasteiger partial charge in [0.1, 0.15) is 24.0 Å². The Morgan fingerprint density at radius 3 is 2.77 bits per heavy atom. The number of ether oxygens (including phenoxy) is 1. The van der Waals surface area contributed by atoms with Gasteiger partial charge in [-0.3, -0.25) is 0 Å². The topological polar surface area (TPSA) is 59.7 Å². The minimum atomic E-state index is -0.794. The van der Waals surface area contributed by atoms with Gasteiger partial charge in [-0.2, -0.15) is 0 Å². The molecule has 1 atom stereocenters. The number of fused-ring (bicyclic) bond motifs is 1. The Morgan fingerprint density at radius 1 is 1.14 bits per heavy atom. The summed E-state index contributed by atoms with van der Waals surface area (Å²) in [4.78, 5) is 11.2. The zero-order valence-corrected chi connectivity index (χ0v) is 12.3. The van der Waals surface area contributed by atoms with Crippen LogP contribution < -0.4 is 10.4 Å². The summed E-state index contributed by atoms with van der Waals surface area (Å²) in [5.41, 5.74) is 0.714. The fraction of sp³-hybridized carbons (Fsp3) is 0.118. The Kier molecular flexibility index (Phi) is 4.13. The van der Waals surface area contributed by atoms with E-state index in [0.29, 0.717) is 21.9 Å². The molecule has 0 aliphatic heterocycles. The number of rotatable bonds is 4. The summed E-state index contributed by atoms with van der Waals surface area (Å²) in [5, 5.41) is 11.5. The second-order valence-electron chi connectivity index (χ2n) is 4.84. The van der Waals surface area contributed by atoms with Crippen LogP contribution in [0, 0.1) is 0 Å². The summed E-state index contributed by atoms with van der Waals surface area (Å²) >= 11 is 5.89. The summed E-state index contributed by atoms with van der Waals surface area (Å²) in [6.45, 7) is 0.0723. The average Bonchev–Trinajstić information content (AvgIpc) is 2.52. The van der Waals surface area contributed by atoms with E-state index >= 15 is 0 Å². The molecule has 1 N–H and O–H groups in total. The molecule has 3 aromatic rings. The van der Waals surface area contributed by atoms with Crippen LogP contribution in [0.3, 0.4) is 0 Å². The predicted molar refractivity (Wildman–Crippen MR) is 84.4 cm³/mol. The normalized spacial score (nSPS) is 12.3. The summed E-state index contributed by atoms with van der Waals surface area (Å²) in [7, 11) is 0. The standard InChI is InChI=1S/C17H13ClO4/c18-13-3-1-2-12(8-13)15(19)10-21-14-6-4-11-5-7-17(20)22-16(11)9-14/h1-9,15,19H,10H2. The van der Waals surface area contributed by atoms with Crippen molar-refractivity contribution in [3.05, 3.63) is 75.6 Å². The highest BCUT2D eigenvalue weighted by Gasteiger charge is 2.09. The summed E-state index contributed by atoms with van der Waals surface area (Å²) in [6, 6.07) is 15.2. The van der Waals surface area contributed by atoms with Crippen LogP contribution in [-0.2, 0) is 0 Å². The number of hydrogen-bond acceptors (Lipinski definition) is 4. The molecule has 0 bridgehead atoms. The van der Waals surface area contributed by atoms with Gasteiger partial charge < -0.3 is 14.3 Å². The van der Waals surface area contributed by atoms with Crippen LogP contribution in [0.15, 0.2) is 63.8 Å². The Balaban J connectivity index is 1.74. The molecular weight excluding hydrogens is 304 g/mol. The van der Waals surface area contributed by atoms with Crippen LogP contribution >= 0.6 is 11.6 Å². The Hall–Kier alpha value is -2.30. The molecule has 0 radical (unpaired) electrons. The Labute approximate surface area is 131 Å². The first-order valence-electron chi connectivity index (χ1n) is 6.72. The van der Waals surface area contributed by atoms with Gasteiger partial charge in [0.05, 0.1) is 0 Å². The molecule has 4 nitrogen and oxygen atoms in total. The monoisotopic (exact) mass is 316 g/mol. The van der Waals surface area contributed by atoms with Crippen molar-refractivity contribution in [1.29, 1.82) is 0 Å². The van der Waals surface area contributed by atoms with Gasteiger partial charge >= 0.3 is 5.63 Å². The lowest BCUT2D eigenvalue weighted by molar-refractivity contribution is 0.108. The molecule has 0 spiro atoms. The minimum absolute atomic E-state index is 0.0723. The van der Waals surface area contributed by atoms with Crippen LogP contribution in [0.2, 0.25) is 5.02 Å². The van der Waals surface area contributed by atoms with Gasteiger partial charge in [-0.15, -0.1) is 0 Å². The maximum atomic E-state index is 11.2. The number of aliphatic hydroxyl groups is 1. The molecule has 5 heteroatoms. The van der Waals surface area contributed by atoms with Crippen LogP contribution in [-0.4, -0.2) is 11.7 Å². The van der Waals surface area contributed by atoms with Gasteiger partial charge in [0.25, 0.3) is 0 Å². The Bertz CT molecular complexity index is 856. The molecule has 3 rings (SSSR count). The second kappa shape index (κ2) is 6.22. The second-order valence-corrected chi connectivity index (χ2v) is 5.27. The van der Waals surface area contributed by atoms with Gasteiger partial charge in [0.15, 0.2) is 0 Å². The van der Waals surface area contributed by atoms with E-state index in [1.165, 1.54) is 6.07 Å². The lowest BCUT2D eigenvalue weighted by atomic mass is 10.1. The molecule has 0 aliphatic rings. The third kappa shape index (κ3) is 3.30. The average molecular weight is 317 g/mol. The van der Waals surface area contributed by atoms with Crippen molar-refractivity contribution in [1.82, 2.24) is 0 Å². The third-order valence-corrected chi connectivity index (χ3v) is 3.47. The highest BCUT2D eigenvalue weighted by atomic mass is 35.5. The van der Waals surface area contributed by atoms with Crippen molar-refractivity contribution in [2.75, 3.05) is 6.61 Å². The number of benzene rings is 2. The van der Waals surface area contributed by atoms with Crippen molar-refractivity contribution >= 4 is 22.6 Å². The van der Waals surface area contributed by atoms with E-state index in [2.05, 4.69) is 0 Å². The molecule has 0 saturated carbocycles. The number of hydrogen-bond donors (Lipinski definition) is 1. The van der Waals surface area contributed by atoms with Gasteiger partial charge in [-0.1, -0.05) is 23.7 Å². The molecular formula is C17H13ClO4. The maximum absolute atomic E-state index is 11.2. The van der Waals surface area contributed by atoms with Crippen LogP contribution in [0.4, 0.5) is 0 Å². The molecule has 1 heterocycles. The SMILES string of the molecule is O=c1ccc2ccc(OCC(O)c3cccc(Cl)c3)cc2o1. The highest BCUT2D eigenvalue weighted by molar-refractivity contribution is 6.30. The van der Waals surface area contributed by atoms with E-state index in [1.807, 2.05) is 0 Å². The van der Waals surface area contributed by atoms with Crippen molar-refractivity contribution < 1.29 is 14.3 Å². The van der Waals surface area contributed by atoms with Crippen LogP contribution in [0.25, 0.3) is 11.0 Å². The smallest absolute Gasteiger partial charge is 0.336 e. The van der Waals surface area contributed by atoms with E-state index < -0.39 is 11.7 Å². The zero-order chi connectivity index (χ0) is 15.5. The van der Waals surface area contributed by atoms with Gasteiger partial charge in [-0.25, -0.2) is 4.79 Å². The van der Waals surface area contributed by atoms with Gasteiger partial charge in [-0.05, 0) is 35.9 Å². The van der Waals surface area contributed by atoms with E-state index in [4.69, 9.17) is 20.8 Å². The molecule has 2 aromatic carbocycles. The Morgan fingerprint density at radius 2 is 1.95 bits per heavy atom. The molecule has 0 saturated heterocycles. The first-order valence-corrected chi connectivity index (χ1v) is 7.10. The van der Waals surface area contributed by atoms with E-state index in [9.17, 15) is 9.90 Å². The number of aliphatic hydroxyl groups excluding tert-OH is 1. The summed E-state index contributed by atoms with van der Waals surface area (Å²) in [6.07, 6.45) is -0.794. The summed E-state index contributed by atoms with van der Waals surface area (Å²) in [5.74, 6) is 0.517. The van der Waals surface area contributed by atoms with Crippen molar-refractivity contribution in [2.24, 2.45) is 0 Å². The quantitative estimate of drug-likeness (QED) is 0.748. The predicted octanol–water partition coefficient (Wildman–Crippen LogP) is 3.56. The minimum Gasteiger partial charge on any atom is -0.490 e. The van der Waals surface area contributed by atoms with Crippen molar-refractivity contribution in [2.45, 2.75) is 6.10 Å². The molecule has 0 amide bonds. The zero-order valence-electron chi connectivity index (χ0n) is 11.5. The lowest BCUT2D eigenvalue weighted by Gasteiger charge is -2.13. The lowest BCUT2D eigenvalue weighted by Crippen LogP contribution is -2.09. The first-order chi connectivity index (χ1) is 10.6. The molecule has 0 aliphatic carbocycles. The largest absolute Gasteiger partial charge is 0.490 e. The molecule has 112 valence electrons. The number of halogens is 1. The fourth-order valence-electron chi connectivity index (χ4n) is 2.12. The van der Waals surface area contributed by atoms with Crippen molar-refractivity contribution in [3.63, 3.8) is 0 Å².